The summed E-state index contributed by atoms with van der Waals surface area (Å²) in [5.74, 6) is 0. The van der Waals surface area contributed by atoms with Gasteiger partial charge in [0.25, 0.3) is 0 Å². The largest absolute Gasteiger partial charge is 0.396 e. The highest BCUT2D eigenvalue weighted by Gasteiger charge is 2.11. The lowest BCUT2D eigenvalue weighted by atomic mass is 10.2. The van der Waals surface area contributed by atoms with Crippen molar-refractivity contribution in [2.24, 2.45) is 0 Å². The van der Waals surface area contributed by atoms with E-state index < -0.39 is 0 Å². The Labute approximate surface area is 76.6 Å². The zero-order chi connectivity index (χ0) is 9.56. The van der Waals surface area contributed by atoms with Gasteiger partial charge in [-0.15, -0.1) is 0 Å². The fourth-order valence-corrected chi connectivity index (χ4v) is 1.52. The average Bonchev–Trinajstić information content (AvgIpc) is 1.96. The summed E-state index contributed by atoms with van der Waals surface area (Å²) in [6, 6.07) is 1.23. The van der Waals surface area contributed by atoms with Crippen LogP contribution < -0.4 is 0 Å². The summed E-state index contributed by atoms with van der Waals surface area (Å²) >= 11 is 0. The summed E-state index contributed by atoms with van der Waals surface area (Å²) in [4.78, 5) is 2.45. The Hall–Kier alpha value is -0.0800. The molecule has 12 heavy (non-hydrogen) atoms. The second-order valence-corrected chi connectivity index (χ2v) is 3.86. The van der Waals surface area contributed by atoms with Crippen LogP contribution in [0.15, 0.2) is 0 Å². The summed E-state index contributed by atoms with van der Waals surface area (Å²) in [6.07, 6.45) is 2.03. The summed E-state index contributed by atoms with van der Waals surface area (Å²) in [5, 5.41) is 8.64. The molecular formula is C10H23NO. The van der Waals surface area contributed by atoms with Gasteiger partial charge in [0, 0.05) is 18.7 Å². The highest BCUT2D eigenvalue weighted by atomic mass is 16.2. The van der Waals surface area contributed by atoms with Gasteiger partial charge in [-0.1, -0.05) is 0 Å². The lowest BCUT2D eigenvalue weighted by molar-refractivity contribution is 0.165. The minimum Gasteiger partial charge on any atom is -0.396 e. The molecule has 0 unspecified atom stereocenters. The monoisotopic (exact) mass is 173 g/mol. The first-order valence-electron chi connectivity index (χ1n) is 4.96. The smallest absolute Gasteiger partial charge is 0.0431 e. The highest BCUT2D eigenvalue weighted by Crippen LogP contribution is 2.06. The maximum absolute atomic E-state index is 8.64. The molecule has 0 fully saturated rings. The molecule has 1 N–H and O–H groups in total. The van der Waals surface area contributed by atoms with E-state index in [1.54, 1.807) is 0 Å². The van der Waals surface area contributed by atoms with Crippen LogP contribution >= 0.6 is 0 Å². The van der Waals surface area contributed by atoms with Gasteiger partial charge in [0.05, 0.1) is 0 Å². The van der Waals surface area contributed by atoms with Gasteiger partial charge in [-0.2, -0.15) is 0 Å². The normalized spacial score (nSPS) is 12.0. The van der Waals surface area contributed by atoms with Gasteiger partial charge in [0.15, 0.2) is 0 Å². The minimum atomic E-state index is 0.323. The van der Waals surface area contributed by atoms with Crippen molar-refractivity contribution in [1.82, 2.24) is 4.90 Å². The van der Waals surface area contributed by atoms with Crippen molar-refractivity contribution in [1.29, 1.82) is 0 Å². The van der Waals surface area contributed by atoms with Gasteiger partial charge in [-0.05, 0) is 47.1 Å². The van der Waals surface area contributed by atoms with E-state index in [-0.39, 0.29) is 0 Å². The molecule has 0 aliphatic heterocycles. The molecule has 2 nitrogen and oxygen atoms in total. The van der Waals surface area contributed by atoms with Crippen molar-refractivity contribution in [2.45, 2.75) is 52.6 Å². The van der Waals surface area contributed by atoms with Crippen LogP contribution in [-0.4, -0.2) is 35.2 Å². The van der Waals surface area contributed by atoms with E-state index in [1.807, 2.05) is 0 Å². The number of unbranched alkanes of at least 4 members (excludes halogenated alkanes) is 1. The van der Waals surface area contributed by atoms with Crippen molar-refractivity contribution < 1.29 is 5.11 Å². The van der Waals surface area contributed by atoms with Gasteiger partial charge in [0.1, 0.15) is 0 Å². The SMILES string of the molecule is CC(C)N(CCCCO)C(C)C. The Morgan fingerprint density at radius 2 is 1.50 bits per heavy atom. The molecule has 74 valence electrons. The quantitative estimate of drug-likeness (QED) is 0.620. The van der Waals surface area contributed by atoms with Crippen molar-refractivity contribution in [3.8, 4) is 0 Å². The molecule has 0 saturated carbocycles. The van der Waals surface area contributed by atoms with E-state index in [1.165, 1.54) is 0 Å². The molecular weight excluding hydrogens is 150 g/mol. The van der Waals surface area contributed by atoms with Crippen LogP contribution in [0.2, 0.25) is 0 Å². The second-order valence-electron chi connectivity index (χ2n) is 3.86. The number of aliphatic hydroxyl groups excluding tert-OH is 1. The van der Waals surface area contributed by atoms with E-state index in [0.29, 0.717) is 18.7 Å². The first-order valence-corrected chi connectivity index (χ1v) is 4.96. The van der Waals surface area contributed by atoms with E-state index in [2.05, 4.69) is 32.6 Å². The Morgan fingerprint density at radius 3 is 1.83 bits per heavy atom. The van der Waals surface area contributed by atoms with Crippen LogP contribution in [0.5, 0.6) is 0 Å². The van der Waals surface area contributed by atoms with Crippen LogP contribution in [0.1, 0.15) is 40.5 Å². The average molecular weight is 173 g/mol. The summed E-state index contributed by atoms with van der Waals surface area (Å²) in [6.45, 7) is 10.3. The van der Waals surface area contributed by atoms with Crippen LogP contribution in [0.4, 0.5) is 0 Å². The molecule has 0 bridgehead atoms. The van der Waals surface area contributed by atoms with Crippen LogP contribution in [0.25, 0.3) is 0 Å². The zero-order valence-electron chi connectivity index (χ0n) is 8.88. The van der Waals surface area contributed by atoms with Gasteiger partial charge in [-0.3, -0.25) is 4.90 Å². The highest BCUT2D eigenvalue weighted by molar-refractivity contribution is 4.66. The van der Waals surface area contributed by atoms with Crippen molar-refractivity contribution in [2.75, 3.05) is 13.2 Å². The molecule has 0 aliphatic carbocycles. The number of aliphatic hydroxyl groups is 1. The maximum atomic E-state index is 8.64. The molecule has 0 amide bonds. The van der Waals surface area contributed by atoms with Crippen molar-refractivity contribution >= 4 is 0 Å². The number of hydrogen-bond acceptors (Lipinski definition) is 2. The molecule has 0 aromatic heterocycles. The van der Waals surface area contributed by atoms with Gasteiger partial charge in [0.2, 0.25) is 0 Å². The van der Waals surface area contributed by atoms with E-state index in [9.17, 15) is 0 Å². The fraction of sp³-hybridized carbons (Fsp3) is 1.00. The molecule has 0 rings (SSSR count). The molecule has 0 aromatic rings. The van der Waals surface area contributed by atoms with Gasteiger partial charge >= 0.3 is 0 Å². The zero-order valence-corrected chi connectivity index (χ0v) is 8.88. The van der Waals surface area contributed by atoms with Crippen LogP contribution in [0.3, 0.4) is 0 Å². The van der Waals surface area contributed by atoms with E-state index >= 15 is 0 Å². The molecule has 0 spiro atoms. The Kier molecular flexibility index (Phi) is 6.39. The number of hydrogen-bond donors (Lipinski definition) is 1. The summed E-state index contributed by atoms with van der Waals surface area (Å²) in [5.41, 5.74) is 0. The third-order valence-corrected chi connectivity index (χ3v) is 2.15. The first kappa shape index (κ1) is 11.9. The predicted octanol–water partition coefficient (Wildman–Crippen LogP) is 1.88. The molecule has 0 aliphatic rings. The number of nitrogens with zero attached hydrogens (tertiary/aromatic N) is 1. The Balaban J connectivity index is 3.64. The van der Waals surface area contributed by atoms with Gasteiger partial charge < -0.3 is 5.11 Å². The third kappa shape index (κ3) is 4.73. The molecule has 0 atom stereocenters. The third-order valence-electron chi connectivity index (χ3n) is 2.15. The van der Waals surface area contributed by atoms with Crippen molar-refractivity contribution in [3.05, 3.63) is 0 Å². The molecule has 0 radical (unpaired) electrons. The van der Waals surface area contributed by atoms with Gasteiger partial charge in [-0.25, -0.2) is 0 Å². The standard InChI is InChI=1S/C10H23NO/c1-9(2)11(10(3)4)7-5-6-8-12/h9-10,12H,5-8H2,1-4H3. The van der Waals surface area contributed by atoms with Crippen LogP contribution in [0, 0.1) is 0 Å². The summed E-state index contributed by atoms with van der Waals surface area (Å²) < 4.78 is 0. The lowest BCUT2D eigenvalue weighted by Gasteiger charge is -2.30. The van der Waals surface area contributed by atoms with Crippen molar-refractivity contribution in [3.63, 3.8) is 0 Å². The maximum Gasteiger partial charge on any atom is 0.0431 e. The van der Waals surface area contributed by atoms with E-state index in [4.69, 9.17) is 5.11 Å². The van der Waals surface area contributed by atoms with E-state index in [0.717, 1.165) is 19.4 Å². The molecule has 0 aromatic carbocycles. The second kappa shape index (κ2) is 6.44. The number of rotatable bonds is 6. The molecule has 2 heteroatoms. The molecule has 0 saturated heterocycles. The predicted molar refractivity (Wildman–Crippen MR) is 53.3 cm³/mol. The topological polar surface area (TPSA) is 23.5 Å². The minimum absolute atomic E-state index is 0.323. The first-order chi connectivity index (χ1) is 5.59. The Bertz CT molecular complexity index is 94.0. The molecule has 0 heterocycles. The summed E-state index contributed by atoms with van der Waals surface area (Å²) in [7, 11) is 0. The fourth-order valence-electron chi connectivity index (χ4n) is 1.52. The van der Waals surface area contributed by atoms with Crippen LogP contribution in [-0.2, 0) is 0 Å². The Morgan fingerprint density at radius 1 is 1.00 bits per heavy atom. The lowest BCUT2D eigenvalue weighted by Crippen LogP contribution is -2.37.